The molecular weight excluding hydrogens is 379 g/mol. The summed E-state index contributed by atoms with van der Waals surface area (Å²) in [6.45, 7) is 0.473. The number of quaternary nitrogens is 1. The van der Waals surface area contributed by atoms with E-state index in [4.69, 9.17) is 0 Å². The number of aryl methyl sites for hydroxylation is 1. The Labute approximate surface area is 159 Å². The maximum absolute atomic E-state index is 12.1. The summed E-state index contributed by atoms with van der Waals surface area (Å²) in [5, 5.41) is 7.19. The summed E-state index contributed by atoms with van der Waals surface area (Å²) in [5.74, 6) is -0.665. The van der Waals surface area contributed by atoms with E-state index in [-0.39, 0.29) is 12.6 Å². The highest BCUT2D eigenvalue weighted by Gasteiger charge is 2.28. The molecule has 1 atom stereocenters. The maximum Gasteiger partial charge on any atom is 0.405 e. The van der Waals surface area contributed by atoms with Crippen LogP contribution in [0.25, 0.3) is 0 Å². The van der Waals surface area contributed by atoms with Crippen LogP contribution >= 0.6 is 11.3 Å². The number of nitrogens with one attached hydrogen (secondary N) is 2. The van der Waals surface area contributed by atoms with Crippen molar-refractivity contribution in [3.63, 3.8) is 0 Å². The van der Waals surface area contributed by atoms with Crippen molar-refractivity contribution >= 4 is 23.3 Å². The zero-order chi connectivity index (χ0) is 19.9. The third kappa shape index (κ3) is 7.03. The first kappa shape index (κ1) is 20.9. The predicted molar refractivity (Wildman–Crippen MR) is 96.4 cm³/mol. The summed E-state index contributed by atoms with van der Waals surface area (Å²) < 4.78 is 36.2. The van der Waals surface area contributed by atoms with Gasteiger partial charge >= 0.3 is 12.2 Å². The molecule has 146 valence electrons. The van der Waals surface area contributed by atoms with Gasteiger partial charge in [-0.05, 0) is 23.4 Å². The van der Waals surface area contributed by atoms with Crippen molar-refractivity contribution in [2.45, 2.75) is 25.6 Å². The molecule has 0 saturated heterocycles. The quantitative estimate of drug-likeness (QED) is 0.668. The number of alkyl halides is 3. The maximum atomic E-state index is 12.1. The summed E-state index contributed by atoms with van der Waals surface area (Å²) in [4.78, 5) is 24.3. The van der Waals surface area contributed by atoms with Crippen LogP contribution in [0.2, 0.25) is 0 Å². The first-order valence-electron chi connectivity index (χ1n) is 8.38. The van der Waals surface area contributed by atoms with Crippen molar-refractivity contribution in [1.82, 2.24) is 10.6 Å². The molecule has 2 aromatic rings. The van der Waals surface area contributed by atoms with Gasteiger partial charge in [-0.2, -0.15) is 13.2 Å². The molecule has 0 fully saturated rings. The Morgan fingerprint density at radius 1 is 1.19 bits per heavy atom. The van der Waals surface area contributed by atoms with Crippen LogP contribution < -0.4 is 16.0 Å². The minimum absolute atomic E-state index is 0.0997. The lowest BCUT2D eigenvalue weighted by molar-refractivity contribution is -0.676. The molecule has 3 amide bonds. The molecule has 1 aromatic carbocycles. The zero-order valence-corrected chi connectivity index (χ0v) is 15.5. The second-order valence-corrected chi connectivity index (χ2v) is 6.85. The van der Waals surface area contributed by atoms with Crippen LogP contribution in [0, 0.1) is 0 Å². The van der Waals surface area contributed by atoms with Crippen molar-refractivity contribution in [2.75, 3.05) is 13.1 Å². The van der Waals surface area contributed by atoms with Crippen molar-refractivity contribution < 1.29 is 28.1 Å². The molecule has 1 aromatic heterocycles. The average Bonchev–Trinajstić information content (AvgIpc) is 3.14. The number of amides is 3. The van der Waals surface area contributed by atoms with Crippen LogP contribution in [-0.2, 0) is 11.2 Å². The molecule has 0 bridgehead atoms. The minimum Gasteiger partial charge on any atom is -0.329 e. The van der Waals surface area contributed by atoms with E-state index in [9.17, 15) is 22.8 Å². The molecule has 0 unspecified atom stereocenters. The van der Waals surface area contributed by atoms with Crippen molar-refractivity contribution in [2.24, 2.45) is 0 Å². The van der Waals surface area contributed by atoms with Crippen LogP contribution in [0.4, 0.5) is 18.0 Å². The number of hydrogen-bond donors (Lipinski definition) is 3. The fourth-order valence-electron chi connectivity index (χ4n) is 2.47. The van der Waals surface area contributed by atoms with Gasteiger partial charge in [0.2, 0.25) is 0 Å². The Bertz CT molecular complexity index is 746. The number of imide groups is 1. The van der Waals surface area contributed by atoms with Crippen LogP contribution in [0.1, 0.15) is 29.0 Å². The number of carbonyl (C=O) groups is 2. The van der Waals surface area contributed by atoms with E-state index in [1.165, 1.54) is 5.56 Å². The lowest BCUT2D eigenvalue weighted by atomic mass is 10.0. The second-order valence-electron chi connectivity index (χ2n) is 5.87. The molecule has 0 saturated carbocycles. The number of benzene rings is 1. The van der Waals surface area contributed by atoms with Crippen LogP contribution in [0.5, 0.6) is 0 Å². The Hall–Kier alpha value is -2.39. The number of carbonyl (C=O) groups excluding carboxylic acids is 2. The highest BCUT2D eigenvalue weighted by atomic mass is 32.1. The number of urea groups is 1. The Morgan fingerprint density at radius 2 is 1.89 bits per heavy atom. The van der Waals surface area contributed by atoms with Gasteiger partial charge in [0, 0.05) is 5.56 Å². The molecular formula is C18H21F3N3O2S+. The third-order valence-electron chi connectivity index (χ3n) is 3.84. The summed E-state index contributed by atoms with van der Waals surface area (Å²) in [6.07, 6.45) is -3.61. The molecule has 2 rings (SSSR count). The summed E-state index contributed by atoms with van der Waals surface area (Å²) in [5.41, 5.74) is 2.20. The van der Waals surface area contributed by atoms with Crippen LogP contribution in [-0.4, -0.2) is 31.2 Å². The third-order valence-corrected chi connectivity index (χ3v) is 4.79. The average molecular weight is 400 g/mol. The van der Waals surface area contributed by atoms with E-state index in [2.05, 4.69) is 6.92 Å². The molecule has 5 nitrogen and oxygen atoms in total. The van der Waals surface area contributed by atoms with Gasteiger partial charge in [0.25, 0.3) is 5.91 Å². The smallest absolute Gasteiger partial charge is 0.329 e. The molecule has 0 radical (unpaired) electrons. The molecule has 27 heavy (non-hydrogen) atoms. The van der Waals surface area contributed by atoms with E-state index >= 15 is 0 Å². The molecule has 0 aliphatic heterocycles. The number of thiophene rings is 1. The van der Waals surface area contributed by atoms with Gasteiger partial charge < -0.3 is 10.6 Å². The summed E-state index contributed by atoms with van der Waals surface area (Å²) >= 11 is 1.54. The summed E-state index contributed by atoms with van der Waals surface area (Å²) in [6, 6.07) is 10.6. The number of halogens is 3. The van der Waals surface area contributed by atoms with Gasteiger partial charge in [-0.3, -0.25) is 10.1 Å². The topological polar surface area (TPSA) is 74.8 Å². The van der Waals surface area contributed by atoms with Gasteiger partial charge in [-0.25, -0.2) is 4.79 Å². The lowest BCUT2D eigenvalue weighted by Gasteiger charge is -2.15. The Kier molecular flexibility index (Phi) is 7.37. The van der Waals surface area contributed by atoms with Crippen molar-refractivity contribution in [3.05, 3.63) is 57.8 Å². The molecule has 1 heterocycles. The molecule has 0 aliphatic rings. The predicted octanol–water partition coefficient (Wildman–Crippen LogP) is 2.35. The highest BCUT2D eigenvalue weighted by molar-refractivity contribution is 7.10. The summed E-state index contributed by atoms with van der Waals surface area (Å²) in [7, 11) is 0. The van der Waals surface area contributed by atoms with E-state index in [1.807, 2.05) is 47.1 Å². The van der Waals surface area contributed by atoms with Crippen LogP contribution in [0.15, 0.2) is 41.8 Å². The second kappa shape index (κ2) is 9.52. The van der Waals surface area contributed by atoms with E-state index in [0.29, 0.717) is 0 Å². The van der Waals surface area contributed by atoms with Gasteiger partial charge in [-0.1, -0.05) is 37.3 Å². The van der Waals surface area contributed by atoms with Gasteiger partial charge in [0.05, 0.1) is 4.88 Å². The molecule has 0 spiro atoms. The highest BCUT2D eigenvalue weighted by Crippen LogP contribution is 2.23. The van der Waals surface area contributed by atoms with Crippen LogP contribution in [0.3, 0.4) is 0 Å². The fraction of sp³-hybridized carbons (Fsp3) is 0.333. The largest absolute Gasteiger partial charge is 0.405 e. The van der Waals surface area contributed by atoms with E-state index in [1.54, 1.807) is 22.0 Å². The van der Waals surface area contributed by atoms with Crippen molar-refractivity contribution in [1.29, 1.82) is 0 Å². The molecule has 4 N–H and O–H groups in total. The van der Waals surface area contributed by atoms with Gasteiger partial charge in [0.1, 0.15) is 12.6 Å². The number of nitrogens with two attached hydrogens (primary N) is 1. The Morgan fingerprint density at radius 3 is 2.44 bits per heavy atom. The minimum atomic E-state index is -4.53. The number of rotatable bonds is 7. The lowest BCUT2D eigenvalue weighted by Crippen LogP contribution is -2.87. The van der Waals surface area contributed by atoms with E-state index in [0.717, 1.165) is 16.9 Å². The fourth-order valence-corrected chi connectivity index (χ4v) is 3.32. The first-order valence-corrected chi connectivity index (χ1v) is 9.26. The Balaban J connectivity index is 1.95. The SMILES string of the molecule is CCc1ccc([C@@H]([NH2+]CC(=O)NC(=O)NCC(F)(F)F)c2cccs2)cc1. The standard InChI is InChI=1S/C18H20F3N3O2S/c1-2-12-5-7-13(8-6-12)16(14-4-3-9-27-14)22-10-15(25)24-17(26)23-11-18(19,20)21/h3-9,16,22H,2,10-11H2,1H3,(H2,23,24,25,26)/p+1/t16-/m1/s1. The van der Waals surface area contributed by atoms with Gasteiger partial charge in [-0.15, -0.1) is 11.3 Å². The van der Waals surface area contributed by atoms with E-state index < -0.39 is 24.7 Å². The van der Waals surface area contributed by atoms with Crippen molar-refractivity contribution in [3.8, 4) is 0 Å². The monoisotopic (exact) mass is 400 g/mol. The molecule has 9 heteroatoms. The first-order chi connectivity index (χ1) is 12.8. The molecule has 0 aliphatic carbocycles. The van der Waals surface area contributed by atoms with Gasteiger partial charge in [0.15, 0.2) is 6.54 Å². The normalized spacial score (nSPS) is 12.4. The zero-order valence-electron chi connectivity index (χ0n) is 14.7. The number of hydrogen-bond acceptors (Lipinski definition) is 3.